The minimum absolute atomic E-state index is 0.201. The van der Waals surface area contributed by atoms with Crippen molar-refractivity contribution in [1.82, 2.24) is 5.32 Å². The molecule has 0 heterocycles. The molecule has 0 aromatic rings. The summed E-state index contributed by atoms with van der Waals surface area (Å²) in [5, 5.41) is 22.1. The fourth-order valence-corrected chi connectivity index (χ4v) is 2.46. The molecule has 0 aromatic heterocycles. The summed E-state index contributed by atoms with van der Waals surface area (Å²) in [6.45, 7) is 10.6. The largest absolute Gasteiger partial charge is 0.396 e. The van der Waals surface area contributed by atoms with Crippen molar-refractivity contribution in [3.05, 3.63) is 0 Å². The van der Waals surface area contributed by atoms with Gasteiger partial charge in [0.15, 0.2) is 0 Å². The predicted octanol–water partition coefficient (Wildman–Crippen LogP) is 2.19. The maximum Gasteiger partial charge on any atom is 0.0897 e. The zero-order valence-electron chi connectivity index (χ0n) is 13.8. The van der Waals surface area contributed by atoms with E-state index in [1.165, 1.54) is 0 Å². The molecule has 0 radical (unpaired) electrons. The maximum atomic E-state index is 9.87. The van der Waals surface area contributed by atoms with Gasteiger partial charge in [-0.25, -0.2) is 0 Å². The summed E-state index contributed by atoms with van der Waals surface area (Å²) in [5.41, 5.74) is 0. The van der Waals surface area contributed by atoms with Crippen LogP contribution in [0.2, 0.25) is 0 Å². The van der Waals surface area contributed by atoms with E-state index in [-0.39, 0.29) is 12.7 Å². The fourth-order valence-electron chi connectivity index (χ4n) is 2.46. The normalized spacial score (nSPS) is 16.4. The molecule has 4 nitrogen and oxygen atoms in total. The molecule has 4 heteroatoms. The van der Waals surface area contributed by atoms with Gasteiger partial charge >= 0.3 is 0 Å². The van der Waals surface area contributed by atoms with Crippen LogP contribution in [0.25, 0.3) is 0 Å². The molecule has 0 aliphatic rings. The average Bonchev–Trinajstić information content (AvgIpc) is 2.36. The summed E-state index contributed by atoms with van der Waals surface area (Å²) < 4.78 is 5.64. The van der Waals surface area contributed by atoms with Gasteiger partial charge < -0.3 is 20.3 Å². The van der Waals surface area contributed by atoms with Gasteiger partial charge in [-0.1, -0.05) is 27.2 Å². The van der Waals surface area contributed by atoms with E-state index >= 15 is 0 Å². The van der Waals surface area contributed by atoms with Crippen LogP contribution in [0.3, 0.4) is 0 Å². The molecule has 0 amide bonds. The number of ether oxygens (including phenoxy) is 1. The van der Waals surface area contributed by atoms with Crippen molar-refractivity contribution >= 4 is 0 Å². The van der Waals surface area contributed by atoms with Crippen LogP contribution in [0.1, 0.15) is 53.4 Å². The second-order valence-electron chi connectivity index (χ2n) is 6.25. The summed E-state index contributed by atoms with van der Waals surface area (Å²) in [6, 6.07) is 0. The van der Waals surface area contributed by atoms with E-state index in [4.69, 9.17) is 9.84 Å². The Labute approximate surface area is 124 Å². The van der Waals surface area contributed by atoms with Crippen LogP contribution in [0.15, 0.2) is 0 Å². The van der Waals surface area contributed by atoms with Gasteiger partial charge in [0.05, 0.1) is 18.8 Å². The molecular formula is C16H35NO3. The molecule has 122 valence electrons. The number of nitrogens with one attached hydrogen (secondary N) is 1. The molecule has 0 aromatic carbocycles. The SMILES string of the molecule is CCCC(CCO)CNCC(O)COC(C)CC(C)C. The molecule has 0 rings (SSSR count). The van der Waals surface area contributed by atoms with Gasteiger partial charge in [0.2, 0.25) is 0 Å². The smallest absolute Gasteiger partial charge is 0.0897 e. The highest BCUT2D eigenvalue weighted by atomic mass is 16.5. The number of aliphatic hydroxyl groups is 2. The summed E-state index contributed by atoms with van der Waals surface area (Å²) in [6.07, 6.45) is 3.84. The molecule has 3 unspecified atom stereocenters. The van der Waals surface area contributed by atoms with Crippen LogP contribution >= 0.6 is 0 Å². The van der Waals surface area contributed by atoms with Crippen molar-refractivity contribution in [3.63, 3.8) is 0 Å². The van der Waals surface area contributed by atoms with Crippen LogP contribution in [-0.4, -0.2) is 48.7 Å². The Kier molecular flexibility index (Phi) is 12.5. The van der Waals surface area contributed by atoms with Crippen LogP contribution in [0.4, 0.5) is 0 Å². The predicted molar refractivity (Wildman–Crippen MR) is 83.8 cm³/mol. The quantitative estimate of drug-likeness (QED) is 0.486. The van der Waals surface area contributed by atoms with Crippen molar-refractivity contribution < 1.29 is 14.9 Å². The Morgan fingerprint density at radius 3 is 2.35 bits per heavy atom. The summed E-state index contributed by atoms with van der Waals surface area (Å²) in [7, 11) is 0. The Bertz CT molecular complexity index is 206. The van der Waals surface area contributed by atoms with Gasteiger partial charge in [-0.2, -0.15) is 0 Å². The second-order valence-corrected chi connectivity index (χ2v) is 6.25. The third-order valence-electron chi connectivity index (χ3n) is 3.42. The van der Waals surface area contributed by atoms with Crippen molar-refractivity contribution in [2.45, 2.75) is 65.6 Å². The Hall–Kier alpha value is -0.160. The van der Waals surface area contributed by atoms with Gasteiger partial charge in [0.1, 0.15) is 0 Å². The van der Waals surface area contributed by atoms with Crippen molar-refractivity contribution in [1.29, 1.82) is 0 Å². The van der Waals surface area contributed by atoms with E-state index in [1.807, 2.05) is 0 Å². The minimum Gasteiger partial charge on any atom is -0.396 e. The highest BCUT2D eigenvalue weighted by Crippen LogP contribution is 2.10. The molecule has 0 bridgehead atoms. The van der Waals surface area contributed by atoms with Crippen molar-refractivity contribution in [3.8, 4) is 0 Å². The van der Waals surface area contributed by atoms with Crippen molar-refractivity contribution in [2.75, 3.05) is 26.3 Å². The monoisotopic (exact) mass is 289 g/mol. The third-order valence-corrected chi connectivity index (χ3v) is 3.42. The van der Waals surface area contributed by atoms with Gasteiger partial charge in [0.25, 0.3) is 0 Å². The molecule has 0 fully saturated rings. The van der Waals surface area contributed by atoms with E-state index in [0.29, 0.717) is 25.0 Å². The zero-order valence-corrected chi connectivity index (χ0v) is 13.8. The number of aliphatic hydroxyl groups excluding tert-OH is 2. The molecule has 0 spiro atoms. The lowest BCUT2D eigenvalue weighted by Gasteiger charge is -2.20. The molecule has 0 saturated carbocycles. The lowest BCUT2D eigenvalue weighted by atomic mass is 10.0. The first-order chi connectivity index (χ1) is 9.49. The highest BCUT2D eigenvalue weighted by molar-refractivity contribution is 4.65. The Balaban J connectivity index is 3.67. The summed E-state index contributed by atoms with van der Waals surface area (Å²) in [4.78, 5) is 0. The summed E-state index contributed by atoms with van der Waals surface area (Å²) >= 11 is 0. The van der Waals surface area contributed by atoms with E-state index in [9.17, 15) is 5.11 Å². The fraction of sp³-hybridized carbons (Fsp3) is 1.00. The molecular weight excluding hydrogens is 254 g/mol. The van der Waals surface area contributed by atoms with Gasteiger partial charge in [-0.05, 0) is 44.6 Å². The van der Waals surface area contributed by atoms with E-state index < -0.39 is 6.10 Å². The molecule has 3 N–H and O–H groups in total. The van der Waals surface area contributed by atoms with Crippen LogP contribution in [0.5, 0.6) is 0 Å². The lowest BCUT2D eigenvalue weighted by Crippen LogP contribution is -2.34. The molecule has 0 aliphatic heterocycles. The van der Waals surface area contributed by atoms with Crippen LogP contribution < -0.4 is 5.32 Å². The Morgan fingerprint density at radius 1 is 1.10 bits per heavy atom. The van der Waals surface area contributed by atoms with Gasteiger partial charge in [-0.15, -0.1) is 0 Å². The topological polar surface area (TPSA) is 61.7 Å². The Morgan fingerprint density at radius 2 is 1.80 bits per heavy atom. The van der Waals surface area contributed by atoms with E-state index in [1.54, 1.807) is 0 Å². The third kappa shape index (κ3) is 11.6. The number of hydrogen-bond acceptors (Lipinski definition) is 4. The maximum absolute atomic E-state index is 9.87. The molecule has 0 aliphatic carbocycles. The molecule has 20 heavy (non-hydrogen) atoms. The highest BCUT2D eigenvalue weighted by Gasteiger charge is 2.11. The molecule has 3 atom stereocenters. The zero-order chi connectivity index (χ0) is 15.4. The summed E-state index contributed by atoms with van der Waals surface area (Å²) in [5.74, 6) is 1.12. The number of rotatable bonds is 13. The number of hydrogen-bond donors (Lipinski definition) is 3. The average molecular weight is 289 g/mol. The van der Waals surface area contributed by atoms with Crippen LogP contribution in [-0.2, 0) is 4.74 Å². The first-order valence-corrected chi connectivity index (χ1v) is 8.10. The van der Waals surface area contributed by atoms with E-state index in [0.717, 1.165) is 32.2 Å². The van der Waals surface area contributed by atoms with Gasteiger partial charge in [-0.3, -0.25) is 0 Å². The second kappa shape index (κ2) is 12.6. The van der Waals surface area contributed by atoms with Gasteiger partial charge in [0, 0.05) is 13.2 Å². The first-order valence-electron chi connectivity index (χ1n) is 8.10. The van der Waals surface area contributed by atoms with Crippen molar-refractivity contribution in [2.24, 2.45) is 11.8 Å². The molecule has 0 saturated heterocycles. The standard InChI is InChI=1S/C16H35NO3/c1-5-6-15(7-8-18)10-17-11-16(19)12-20-14(4)9-13(2)3/h13-19H,5-12H2,1-4H3. The van der Waals surface area contributed by atoms with Crippen LogP contribution in [0, 0.1) is 11.8 Å². The van der Waals surface area contributed by atoms with E-state index in [2.05, 4.69) is 33.0 Å². The minimum atomic E-state index is -0.457. The first kappa shape index (κ1) is 19.8. The lowest BCUT2D eigenvalue weighted by molar-refractivity contribution is -0.00876.